The second-order valence-electron chi connectivity index (χ2n) is 4.06. The van der Waals surface area contributed by atoms with E-state index in [9.17, 15) is 0 Å². The molecule has 1 heterocycles. The highest BCUT2D eigenvalue weighted by molar-refractivity contribution is 5.43. The van der Waals surface area contributed by atoms with Gasteiger partial charge in [0.25, 0.3) is 0 Å². The van der Waals surface area contributed by atoms with Gasteiger partial charge >= 0.3 is 0 Å². The Kier molecular flexibility index (Phi) is 3.99. The highest BCUT2D eigenvalue weighted by Crippen LogP contribution is 2.23. The molecule has 0 atom stereocenters. The fraction of sp³-hybridized carbons (Fsp3) is 0.200. The standard InChI is InChI=1S/C15H14N2O2/c1-11-4-3-5-17-15(11)10-19-14-7-12(9-16)6-13(8-14)18-2/h3-8H,10H2,1-2H3. The Labute approximate surface area is 112 Å². The first-order valence-electron chi connectivity index (χ1n) is 5.85. The third-order valence-electron chi connectivity index (χ3n) is 2.74. The van der Waals surface area contributed by atoms with Gasteiger partial charge in [-0.2, -0.15) is 5.26 Å². The Bertz CT molecular complexity index is 618. The molecule has 0 unspecified atom stereocenters. The van der Waals surface area contributed by atoms with E-state index < -0.39 is 0 Å². The van der Waals surface area contributed by atoms with Crippen LogP contribution in [0.2, 0.25) is 0 Å². The molecule has 0 amide bonds. The number of ether oxygens (including phenoxy) is 2. The van der Waals surface area contributed by atoms with Crippen LogP contribution in [0.5, 0.6) is 11.5 Å². The Hall–Kier alpha value is -2.54. The largest absolute Gasteiger partial charge is 0.497 e. The summed E-state index contributed by atoms with van der Waals surface area (Å²) in [6.07, 6.45) is 1.73. The highest BCUT2D eigenvalue weighted by Gasteiger charge is 2.04. The van der Waals surface area contributed by atoms with Crippen LogP contribution in [-0.4, -0.2) is 12.1 Å². The molecule has 19 heavy (non-hydrogen) atoms. The third-order valence-corrected chi connectivity index (χ3v) is 2.74. The first-order valence-corrected chi connectivity index (χ1v) is 5.85. The van der Waals surface area contributed by atoms with Crippen molar-refractivity contribution in [3.8, 4) is 17.6 Å². The van der Waals surface area contributed by atoms with Gasteiger partial charge in [0.2, 0.25) is 0 Å². The molecule has 0 aliphatic rings. The number of aryl methyl sites for hydroxylation is 1. The van der Waals surface area contributed by atoms with Crippen molar-refractivity contribution in [1.82, 2.24) is 4.98 Å². The predicted octanol–water partition coefficient (Wildman–Crippen LogP) is 2.85. The number of benzene rings is 1. The van der Waals surface area contributed by atoms with Crippen LogP contribution < -0.4 is 9.47 Å². The van der Waals surface area contributed by atoms with Crippen LogP contribution in [0.25, 0.3) is 0 Å². The van der Waals surface area contributed by atoms with Crippen LogP contribution in [0.3, 0.4) is 0 Å². The first-order chi connectivity index (χ1) is 9.22. The van der Waals surface area contributed by atoms with Crippen LogP contribution in [0.4, 0.5) is 0 Å². The Morgan fingerprint density at radius 2 is 2.05 bits per heavy atom. The predicted molar refractivity (Wildman–Crippen MR) is 71.0 cm³/mol. The molecule has 2 aromatic rings. The molecule has 0 fully saturated rings. The second-order valence-corrected chi connectivity index (χ2v) is 4.06. The van der Waals surface area contributed by atoms with E-state index in [1.807, 2.05) is 19.1 Å². The first kappa shape index (κ1) is 12.9. The van der Waals surface area contributed by atoms with Crippen molar-refractivity contribution in [1.29, 1.82) is 5.26 Å². The minimum Gasteiger partial charge on any atom is -0.497 e. The Morgan fingerprint density at radius 3 is 2.74 bits per heavy atom. The van der Waals surface area contributed by atoms with Crippen LogP contribution in [0.15, 0.2) is 36.5 Å². The maximum absolute atomic E-state index is 8.94. The van der Waals surface area contributed by atoms with Gasteiger partial charge in [-0.05, 0) is 30.7 Å². The molecule has 4 nitrogen and oxygen atoms in total. The summed E-state index contributed by atoms with van der Waals surface area (Å²) >= 11 is 0. The van der Waals surface area contributed by atoms with E-state index in [1.165, 1.54) is 0 Å². The summed E-state index contributed by atoms with van der Waals surface area (Å²) in [5.74, 6) is 1.20. The molecule has 0 aliphatic carbocycles. The minimum absolute atomic E-state index is 0.366. The molecule has 0 N–H and O–H groups in total. The topological polar surface area (TPSA) is 55.1 Å². The summed E-state index contributed by atoms with van der Waals surface area (Å²) in [5, 5.41) is 8.94. The van der Waals surface area contributed by atoms with Crippen molar-refractivity contribution in [2.75, 3.05) is 7.11 Å². The average molecular weight is 254 g/mol. The molecule has 0 aliphatic heterocycles. The molecule has 1 aromatic carbocycles. The summed E-state index contributed by atoms with van der Waals surface area (Å²) in [7, 11) is 1.56. The van der Waals surface area contributed by atoms with Gasteiger partial charge in [0, 0.05) is 12.3 Å². The summed E-state index contributed by atoms with van der Waals surface area (Å²) in [5.41, 5.74) is 2.46. The van der Waals surface area contributed by atoms with E-state index in [0.717, 1.165) is 11.3 Å². The summed E-state index contributed by atoms with van der Waals surface area (Å²) in [6.45, 7) is 2.35. The molecule has 96 valence electrons. The maximum Gasteiger partial charge on any atom is 0.130 e. The normalized spacial score (nSPS) is 9.74. The zero-order valence-electron chi connectivity index (χ0n) is 10.9. The molecule has 0 bridgehead atoms. The quantitative estimate of drug-likeness (QED) is 0.841. The molecule has 0 spiro atoms. The Morgan fingerprint density at radius 1 is 1.26 bits per heavy atom. The smallest absolute Gasteiger partial charge is 0.130 e. The van der Waals surface area contributed by atoms with Crippen molar-refractivity contribution >= 4 is 0 Å². The zero-order chi connectivity index (χ0) is 13.7. The second kappa shape index (κ2) is 5.87. The lowest BCUT2D eigenvalue weighted by Gasteiger charge is -2.09. The molecular formula is C15H14N2O2. The number of pyridine rings is 1. The van der Waals surface area contributed by atoms with E-state index in [0.29, 0.717) is 23.7 Å². The zero-order valence-corrected chi connectivity index (χ0v) is 10.9. The number of aromatic nitrogens is 1. The van der Waals surface area contributed by atoms with E-state index in [2.05, 4.69) is 11.1 Å². The van der Waals surface area contributed by atoms with Gasteiger partial charge in [-0.3, -0.25) is 4.98 Å². The van der Waals surface area contributed by atoms with Crippen LogP contribution in [0, 0.1) is 18.3 Å². The number of rotatable bonds is 4. The van der Waals surface area contributed by atoms with Crippen LogP contribution >= 0.6 is 0 Å². The van der Waals surface area contributed by atoms with Gasteiger partial charge < -0.3 is 9.47 Å². The van der Waals surface area contributed by atoms with Crippen LogP contribution in [0.1, 0.15) is 16.8 Å². The molecule has 0 radical (unpaired) electrons. The van der Waals surface area contributed by atoms with Gasteiger partial charge in [-0.25, -0.2) is 0 Å². The minimum atomic E-state index is 0.366. The lowest BCUT2D eigenvalue weighted by Crippen LogP contribution is -2.01. The fourth-order valence-electron chi connectivity index (χ4n) is 1.66. The number of hydrogen-bond acceptors (Lipinski definition) is 4. The Balaban J connectivity index is 2.16. The lowest BCUT2D eigenvalue weighted by atomic mass is 10.2. The highest BCUT2D eigenvalue weighted by atomic mass is 16.5. The number of hydrogen-bond donors (Lipinski definition) is 0. The fourth-order valence-corrected chi connectivity index (χ4v) is 1.66. The van der Waals surface area contributed by atoms with E-state index in [4.69, 9.17) is 14.7 Å². The number of methoxy groups -OCH3 is 1. The summed E-state index contributed by atoms with van der Waals surface area (Å²) < 4.78 is 10.8. The average Bonchev–Trinajstić information content (AvgIpc) is 2.46. The van der Waals surface area contributed by atoms with E-state index >= 15 is 0 Å². The molecular weight excluding hydrogens is 240 g/mol. The summed E-state index contributed by atoms with van der Waals surface area (Å²) in [4.78, 5) is 4.26. The van der Waals surface area contributed by atoms with Crippen molar-refractivity contribution in [3.05, 3.63) is 53.3 Å². The van der Waals surface area contributed by atoms with Crippen molar-refractivity contribution in [2.45, 2.75) is 13.5 Å². The van der Waals surface area contributed by atoms with Gasteiger partial charge in [0.1, 0.15) is 18.1 Å². The van der Waals surface area contributed by atoms with Crippen molar-refractivity contribution < 1.29 is 9.47 Å². The SMILES string of the molecule is COc1cc(C#N)cc(OCc2ncccc2C)c1. The molecule has 4 heteroatoms. The van der Waals surface area contributed by atoms with Gasteiger partial charge in [0.15, 0.2) is 0 Å². The molecule has 0 saturated carbocycles. The van der Waals surface area contributed by atoms with Gasteiger partial charge in [0.05, 0.1) is 24.4 Å². The van der Waals surface area contributed by atoms with E-state index in [-0.39, 0.29) is 0 Å². The lowest BCUT2D eigenvalue weighted by molar-refractivity contribution is 0.298. The molecule has 0 saturated heterocycles. The van der Waals surface area contributed by atoms with Crippen molar-refractivity contribution in [2.24, 2.45) is 0 Å². The summed E-state index contributed by atoms with van der Waals surface area (Å²) in [6, 6.07) is 11.0. The maximum atomic E-state index is 8.94. The number of nitriles is 1. The monoisotopic (exact) mass is 254 g/mol. The van der Waals surface area contributed by atoms with Crippen molar-refractivity contribution in [3.63, 3.8) is 0 Å². The number of nitrogens with zero attached hydrogens (tertiary/aromatic N) is 2. The molecule has 2 rings (SSSR count). The van der Waals surface area contributed by atoms with Gasteiger partial charge in [-0.1, -0.05) is 6.07 Å². The van der Waals surface area contributed by atoms with Gasteiger partial charge in [-0.15, -0.1) is 0 Å². The van der Waals surface area contributed by atoms with E-state index in [1.54, 1.807) is 31.5 Å². The molecule has 1 aromatic heterocycles. The van der Waals surface area contributed by atoms with Crippen LogP contribution in [-0.2, 0) is 6.61 Å². The third kappa shape index (κ3) is 3.23.